The fourth-order valence-corrected chi connectivity index (χ4v) is 3.06. The van der Waals surface area contributed by atoms with Crippen molar-refractivity contribution < 1.29 is 9.47 Å². The smallest absolute Gasteiger partial charge is 0.122 e. The number of rotatable bonds is 5. The average Bonchev–Trinajstić information content (AvgIpc) is 3.03. The van der Waals surface area contributed by atoms with E-state index in [1.807, 2.05) is 18.5 Å². The highest BCUT2D eigenvalue weighted by Crippen LogP contribution is 2.33. The third-order valence-electron chi connectivity index (χ3n) is 4.27. The number of nitrogens with zero attached hydrogens (tertiary/aromatic N) is 2. The molecule has 0 amide bonds. The predicted molar refractivity (Wildman–Crippen MR) is 86.4 cm³/mol. The molecule has 2 heterocycles. The molecule has 22 heavy (non-hydrogen) atoms. The Morgan fingerprint density at radius 2 is 1.77 bits per heavy atom. The maximum absolute atomic E-state index is 5.38. The second-order valence-corrected chi connectivity index (χ2v) is 5.72. The van der Waals surface area contributed by atoms with Gasteiger partial charge in [-0.3, -0.25) is 9.88 Å². The molecule has 1 aromatic heterocycles. The van der Waals surface area contributed by atoms with Crippen LogP contribution in [0.1, 0.15) is 23.5 Å². The lowest BCUT2D eigenvalue weighted by Crippen LogP contribution is -2.19. The molecule has 1 aliphatic heterocycles. The zero-order valence-corrected chi connectivity index (χ0v) is 13.2. The third kappa shape index (κ3) is 3.39. The number of likely N-dealkylation sites (tertiary alicyclic amines) is 1. The summed E-state index contributed by atoms with van der Waals surface area (Å²) >= 11 is 0. The van der Waals surface area contributed by atoms with Gasteiger partial charge in [-0.1, -0.05) is 0 Å². The minimum Gasteiger partial charge on any atom is -0.497 e. The van der Waals surface area contributed by atoms with E-state index in [-0.39, 0.29) is 0 Å². The molecule has 0 bridgehead atoms. The first kappa shape index (κ1) is 14.9. The predicted octanol–water partition coefficient (Wildman–Crippen LogP) is 3.09. The fourth-order valence-electron chi connectivity index (χ4n) is 3.06. The van der Waals surface area contributed by atoms with Gasteiger partial charge in [-0.2, -0.15) is 0 Å². The first-order chi connectivity index (χ1) is 10.8. The number of hydrogen-bond acceptors (Lipinski definition) is 4. The average molecular weight is 298 g/mol. The summed E-state index contributed by atoms with van der Waals surface area (Å²) < 4.78 is 10.8. The fraction of sp³-hybridized carbons (Fsp3) is 0.389. The van der Waals surface area contributed by atoms with E-state index in [9.17, 15) is 0 Å². The van der Waals surface area contributed by atoms with Crippen LogP contribution in [0.25, 0.3) is 0 Å². The number of ether oxygens (including phenoxy) is 2. The first-order valence-corrected chi connectivity index (χ1v) is 7.62. The zero-order valence-electron chi connectivity index (χ0n) is 13.2. The molecule has 0 saturated carbocycles. The molecule has 1 aromatic carbocycles. The summed E-state index contributed by atoms with van der Waals surface area (Å²) in [6.45, 7) is 3.17. The Morgan fingerprint density at radius 1 is 1.09 bits per heavy atom. The molecular weight excluding hydrogens is 276 g/mol. The molecule has 4 heteroatoms. The lowest BCUT2D eigenvalue weighted by molar-refractivity contribution is 0.326. The summed E-state index contributed by atoms with van der Waals surface area (Å²) in [6.07, 6.45) is 4.88. The summed E-state index contributed by atoms with van der Waals surface area (Å²) in [7, 11) is 3.39. The van der Waals surface area contributed by atoms with Gasteiger partial charge in [0.2, 0.25) is 0 Å². The van der Waals surface area contributed by atoms with E-state index in [4.69, 9.17) is 9.47 Å². The van der Waals surface area contributed by atoms with Crippen molar-refractivity contribution in [2.75, 3.05) is 27.3 Å². The summed E-state index contributed by atoms with van der Waals surface area (Å²) in [4.78, 5) is 6.57. The van der Waals surface area contributed by atoms with Gasteiger partial charge in [-0.15, -0.1) is 0 Å². The van der Waals surface area contributed by atoms with Crippen molar-refractivity contribution in [2.24, 2.45) is 0 Å². The molecule has 3 rings (SSSR count). The highest BCUT2D eigenvalue weighted by Gasteiger charge is 2.24. The van der Waals surface area contributed by atoms with Crippen LogP contribution in [0.4, 0.5) is 0 Å². The molecule has 4 nitrogen and oxygen atoms in total. The number of pyridine rings is 1. The molecule has 1 atom stereocenters. The normalized spacial score (nSPS) is 18.4. The van der Waals surface area contributed by atoms with Crippen molar-refractivity contribution in [3.63, 3.8) is 0 Å². The van der Waals surface area contributed by atoms with Crippen LogP contribution in [-0.2, 0) is 6.54 Å². The quantitative estimate of drug-likeness (QED) is 0.849. The Hall–Kier alpha value is -2.07. The minimum atomic E-state index is 0.533. The summed E-state index contributed by atoms with van der Waals surface area (Å²) in [5.74, 6) is 2.26. The largest absolute Gasteiger partial charge is 0.497 e. The summed E-state index contributed by atoms with van der Waals surface area (Å²) in [5, 5.41) is 0. The van der Waals surface area contributed by atoms with Crippen LogP contribution >= 0.6 is 0 Å². The van der Waals surface area contributed by atoms with Gasteiger partial charge in [0.15, 0.2) is 0 Å². The monoisotopic (exact) mass is 298 g/mol. The Labute approximate surface area is 131 Å². The number of methoxy groups -OCH3 is 2. The van der Waals surface area contributed by atoms with E-state index in [2.05, 4.69) is 34.1 Å². The van der Waals surface area contributed by atoms with Crippen molar-refractivity contribution in [2.45, 2.75) is 18.9 Å². The van der Waals surface area contributed by atoms with Crippen LogP contribution < -0.4 is 9.47 Å². The van der Waals surface area contributed by atoms with Gasteiger partial charge in [-0.25, -0.2) is 0 Å². The topological polar surface area (TPSA) is 34.6 Å². The third-order valence-corrected chi connectivity index (χ3v) is 4.27. The molecule has 0 spiro atoms. The van der Waals surface area contributed by atoms with Gasteiger partial charge in [0, 0.05) is 31.5 Å². The van der Waals surface area contributed by atoms with Gasteiger partial charge in [0.1, 0.15) is 11.5 Å². The molecule has 1 saturated heterocycles. The van der Waals surface area contributed by atoms with Crippen LogP contribution in [0.15, 0.2) is 42.7 Å². The lowest BCUT2D eigenvalue weighted by Gasteiger charge is -2.17. The van der Waals surface area contributed by atoms with E-state index < -0.39 is 0 Å². The van der Waals surface area contributed by atoms with Crippen molar-refractivity contribution in [3.8, 4) is 11.5 Å². The van der Waals surface area contributed by atoms with Crippen molar-refractivity contribution in [1.29, 1.82) is 0 Å². The second-order valence-electron chi connectivity index (χ2n) is 5.72. The minimum absolute atomic E-state index is 0.533. The van der Waals surface area contributed by atoms with Crippen LogP contribution in [0, 0.1) is 0 Å². The number of aromatic nitrogens is 1. The first-order valence-electron chi connectivity index (χ1n) is 7.62. The molecule has 0 unspecified atom stereocenters. The zero-order chi connectivity index (χ0) is 15.4. The highest BCUT2D eigenvalue weighted by molar-refractivity contribution is 5.40. The molecule has 0 N–H and O–H groups in total. The van der Waals surface area contributed by atoms with Crippen LogP contribution in [0.3, 0.4) is 0 Å². The van der Waals surface area contributed by atoms with Crippen molar-refractivity contribution in [3.05, 3.63) is 53.9 Å². The van der Waals surface area contributed by atoms with Gasteiger partial charge in [0.25, 0.3) is 0 Å². The van der Waals surface area contributed by atoms with Crippen molar-refractivity contribution >= 4 is 0 Å². The molecule has 1 aliphatic rings. The van der Waals surface area contributed by atoms with Gasteiger partial charge >= 0.3 is 0 Å². The Kier molecular flexibility index (Phi) is 4.59. The molecule has 2 aromatic rings. The summed E-state index contributed by atoms with van der Waals surface area (Å²) in [5.41, 5.74) is 2.62. The molecule has 0 radical (unpaired) electrons. The van der Waals surface area contributed by atoms with E-state index in [1.165, 1.54) is 17.5 Å². The van der Waals surface area contributed by atoms with E-state index in [0.717, 1.165) is 31.1 Å². The molecular formula is C18H22N2O2. The van der Waals surface area contributed by atoms with E-state index >= 15 is 0 Å². The number of hydrogen-bond donors (Lipinski definition) is 0. The standard InChI is InChI=1S/C18H22N2O2/c1-21-17-9-16(10-18(11-17)22-2)15-5-8-20(13-15)12-14-3-6-19-7-4-14/h3-4,6-7,9-11,15H,5,8,12-13H2,1-2H3/t15-/m0/s1. The highest BCUT2D eigenvalue weighted by atomic mass is 16.5. The Bertz CT molecular complexity index is 593. The Morgan fingerprint density at radius 3 is 2.41 bits per heavy atom. The Balaban J connectivity index is 1.69. The molecule has 0 aliphatic carbocycles. The second kappa shape index (κ2) is 6.79. The van der Waals surface area contributed by atoms with E-state index in [0.29, 0.717) is 5.92 Å². The summed E-state index contributed by atoms with van der Waals surface area (Å²) in [6, 6.07) is 10.4. The molecule has 1 fully saturated rings. The SMILES string of the molecule is COc1cc(OC)cc([C@H]2CCN(Cc3ccncc3)C2)c1. The van der Waals surface area contributed by atoms with Gasteiger partial charge in [0.05, 0.1) is 14.2 Å². The van der Waals surface area contributed by atoms with Gasteiger partial charge < -0.3 is 9.47 Å². The van der Waals surface area contributed by atoms with Crippen LogP contribution in [-0.4, -0.2) is 37.2 Å². The van der Waals surface area contributed by atoms with Crippen molar-refractivity contribution in [1.82, 2.24) is 9.88 Å². The van der Waals surface area contributed by atoms with Crippen LogP contribution in [0.5, 0.6) is 11.5 Å². The van der Waals surface area contributed by atoms with Gasteiger partial charge in [-0.05, 0) is 54.3 Å². The number of benzene rings is 1. The van der Waals surface area contributed by atoms with Crippen LogP contribution in [0.2, 0.25) is 0 Å². The lowest BCUT2D eigenvalue weighted by atomic mass is 9.98. The molecule has 116 valence electrons. The maximum atomic E-state index is 5.38. The van der Waals surface area contributed by atoms with E-state index in [1.54, 1.807) is 14.2 Å². The maximum Gasteiger partial charge on any atom is 0.122 e.